The van der Waals surface area contributed by atoms with E-state index in [4.69, 9.17) is 4.74 Å². The molecular weight excluding hydrogens is 292 g/mol. The first-order valence-electron chi connectivity index (χ1n) is 7.38. The Kier molecular flexibility index (Phi) is 5.67. The van der Waals surface area contributed by atoms with Crippen LogP contribution in [0.1, 0.15) is 31.6 Å². The first kappa shape index (κ1) is 16.6. The van der Waals surface area contributed by atoms with Gasteiger partial charge in [0.15, 0.2) is 0 Å². The number of thioether (sulfide) groups is 1. The lowest BCUT2D eigenvalue weighted by atomic mass is 9.99. The van der Waals surface area contributed by atoms with Gasteiger partial charge in [0.2, 0.25) is 0 Å². The Balaban J connectivity index is 2.13. The zero-order chi connectivity index (χ0) is 16.1. The summed E-state index contributed by atoms with van der Waals surface area (Å²) in [6.07, 6.45) is 7.08. The smallest absolute Gasteiger partial charge is 0.145 e. The number of allylic oxidation sites excluding steroid dienone is 5. The second-order valence-electron chi connectivity index (χ2n) is 5.58. The van der Waals surface area contributed by atoms with Gasteiger partial charge >= 0.3 is 0 Å². The van der Waals surface area contributed by atoms with Crippen molar-refractivity contribution in [2.75, 3.05) is 7.11 Å². The fourth-order valence-corrected chi connectivity index (χ4v) is 3.78. The molecule has 1 aromatic carbocycles. The quantitative estimate of drug-likeness (QED) is 0.430. The van der Waals surface area contributed by atoms with Gasteiger partial charge in [0.1, 0.15) is 12.0 Å². The van der Waals surface area contributed by atoms with Gasteiger partial charge in [-0.25, -0.2) is 0 Å². The summed E-state index contributed by atoms with van der Waals surface area (Å²) in [6, 6.07) is 8.30. The highest BCUT2D eigenvalue weighted by Crippen LogP contribution is 2.49. The van der Waals surface area contributed by atoms with Crippen LogP contribution in [0.2, 0.25) is 0 Å². The van der Waals surface area contributed by atoms with Gasteiger partial charge in [0.25, 0.3) is 0 Å². The molecule has 0 aliphatic carbocycles. The van der Waals surface area contributed by atoms with Crippen molar-refractivity contribution in [1.29, 1.82) is 0 Å². The van der Waals surface area contributed by atoms with Crippen molar-refractivity contribution >= 4 is 18.0 Å². The van der Waals surface area contributed by atoms with E-state index in [1.54, 1.807) is 7.11 Å². The predicted molar refractivity (Wildman–Crippen MR) is 94.2 cm³/mol. The van der Waals surface area contributed by atoms with E-state index in [0.29, 0.717) is 11.2 Å². The Morgan fingerprint density at radius 1 is 1.18 bits per heavy atom. The predicted octanol–water partition coefficient (Wildman–Crippen LogP) is 5.09. The highest BCUT2D eigenvalue weighted by molar-refractivity contribution is 8.03. The van der Waals surface area contributed by atoms with E-state index in [2.05, 4.69) is 32.1 Å². The van der Waals surface area contributed by atoms with E-state index in [9.17, 15) is 4.79 Å². The van der Waals surface area contributed by atoms with Gasteiger partial charge in [-0.15, -0.1) is 11.8 Å². The molecule has 3 heteroatoms. The van der Waals surface area contributed by atoms with Crippen LogP contribution in [0.3, 0.4) is 0 Å². The summed E-state index contributed by atoms with van der Waals surface area (Å²) in [5, 5.41) is 0.431. The van der Waals surface area contributed by atoms with Crippen molar-refractivity contribution in [3.8, 4) is 5.75 Å². The minimum atomic E-state index is 0.431. The minimum absolute atomic E-state index is 0.431. The zero-order valence-corrected chi connectivity index (χ0v) is 14.3. The maximum absolute atomic E-state index is 10.7. The van der Waals surface area contributed by atoms with E-state index in [0.717, 1.165) is 17.6 Å². The molecule has 0 amide bonds. The average Bonchev–Trinajstić information content (AvgIpc) is 2.94. The zero-order valence-electron chi connectivity index (χ0n) is 13.5. The third kappa shape index (κ3) is 3.92. The molecule has 116 valence electrons. The molecule has 0 aromatic heterocycles. The van der Waals surface area contributed by atoms with Gasteiger partial charge in [-0.05, 0) is 48.6 Å². The molecule has 22 heavy (non-hydrogen) atoms. The van der Waals surface area contributed by atoms with Gasteiger partial charge in [-0.3, -0.25) is 4.79 Å². The van der Waals surface area contributed by atoms with Crippen molar-refractivity contribution in [2.45, 2.75) is 26.0 Å². The van der Waals surface area contributed by atoms with Crippen LogP contribution < -0.4 is 4.74 Å². The van der Waals surface area contributed by atoms with Crippen LogP contribution in [-0.4, -0.2) is 13.4 Å². The third-order valence-electron chi connectivity index (χ3n) is 3.76. The van der Waals surface area contributed by atoms with Crippen LogP contribution in [0.4, 0.5) is 0 Å². The number of carbonyl (C=O) groups is 1. The van der Waals surface area contributed by atoms with Crippen LogP contribution in [0.25, 0.3) is 0 Å². The maximum atomic E-state index is 10.7. The minimum Gasteiger partial charge on any atom is -0.497 e. The van der Waals surface area contributed by atoms with Gasteiger partial charge in [-0.1, -0.05) is 37.3 Å². The second kappa shape index (κ2) is 7.50. The largest absolute Gasteiger partial charge is 0.497 e. The monoisotopic (exact) mass is 314 g/mol. The second-order valence-corrected chi connectivity index (χ2v) is 6.76. The van der Waals surface area contributed by atoms with Gasteiger partial charge in [-0.2, -0.15) is 0 Å². The highest BCUT2D eigenvalue weighted by atomic mass is 32.2. The Morgan fingerprint density at radius 3 is 2.45 bits per heavy atom. The summed E-state index contributed by atoms with van der Waals surface area (Å²) in [4.78, 5) is 11.9. The molecule has 1 aromatic rings. The van der Waals surface area contributed by atoms with Crippen molar-refractivity contribution in [1.82, 2.24) is 0 Å². The Bertz CT molecular complexity index is 623. The molecule has 2 nitrogen and oxygen atoms in total. The molecule has 1 aliphatic heterocycles. The van der Waals surface area contributed by atoms with Crippen molar-refractivity contribution < 1.29 is 9.53 Å². The van der Waals surface area contributed by atoms with E-state index in [1.165, 1.54) is 16.0 Å². The van der Waals surface area contributed by atoms with Crippen LogP contribution >= 0.6 is 11.8 Å². The van der Waals surface area contributed by atoms with Gasteiger partial charge in [0.05, 0.1) is 7.11 Å². The fraction of sp³-hybridized carbons (Fsp3) is 0.316. The number of hydrogen-bond acceptors (Lipinski definition) is 3. The molecule has 2 rings (SSSR count). The van der Waals surface area contributed by atoms with E-state index in [1.807, 2.05) is 43.0 Å². The molecule has 0 N–H and O–H groups in total. The molecule has 1 aliphatic rings. The lowest BCUT2D eigenvalue weighted by molar-refractivity contribution is -0.104. The average molecular weight is 314 g/mol. The van der Waals surface area contributed by atoms with E-state index in [-0.39, 0.29) is 0 Å². The molecule has 0 fully saturated rings. The summed E-state index contributed by atoms with van der Waals surface area (Å²) in [5.74, 6) is 1.37. The maximum Gasteiger partial charge on any atom is 0.145 e. The Hall–Kier alpha value is -1.74. The number of hydrogen-bond donors (Lipinski definition) is 0. The van der Waals surface area contributed by atoms with Crippen LogP contribution in [0.15, 0.2) is 58.5 Å². The lowest BCUT2D eigenvalue weighted by Crippen LogP contribution is -1.99. The molecule has 0 saturated carbocycles. The molecule has 0 bridgehead atoms. The Labute approximate surface area is 136 Å². The Morgan fingerprint density at radius 2 is 1.86 bits per heavy atom. The van der Waals surface area contributed by atoms with Crippen molar-refractivity contribution in [2.24, 2.45) is 5.92 Å². The molecule has 2 unspecified atom stereocenters. The summed E-state index contributed by atoms with van der Waals surface area (Å²) < 4.78 is 5.22. The fourth-order valence-electron chi connectivity index (χ4n) is 2.38. The molecule has 2 atom stereocenters. The summed E-state index contributed by atoms with van der Waals surface area (Å²) in [5.41, 5.74) is 3.26. The van der Waals surface area contributed by atoms with E-state index < -0.39 is 0 Å². The summed E-state index contributed by atoms with van der Waals surface area (Å²) >= 11 is 1.89. The van der Waals surface area contributed by atoms with Crippen LogP contribution in [0.5, 0.6) is 5.75 Å². The third-order valence-corrected chi connectivity index (χ3v) is 5.43. The summed E-state index contributed by atoms with van der Waals surface area (Å²) in [6.45, 7) is 6.15. The molecule has 0 spiro atoms. The lowest BCUT2D eigenvalue weighted by Gasteiger charge is -2.15. The number of aldehydes is 1. The van der Waals surface area contributed by atoms with Gasteiger partial charge < -0.3 is 4.74 Å². The highest BCUT2D eigenvalue weighted by Gasteiger charge is 2.26. The van der Waals surface area contributed by atoms with Crippen LogP contribution in [-0.2, 0) is 4.79 Å². The number of rotatable bonds is 5. The van der Waals surface area contributed by atoms with Gasteiger partial charge in [0, 0.05) is 10.2 Å². The molecule has 0 radical (unpaired) electrons. The van der Waals surface area contributed by atoms with Crippen molar-refractivity contribution in [3.05, 3.63) is 64.1 Å². The molecular formula is C19H22O2S. The van der Waals surface area contributed by atoms with Crippen molar-refractivity contribution in [3.63, 3.8) is 0 Å². The molecule has 1 heterocycles. The number of benzene rings is 1. The summed E-state index contributed by atoms with van der Waals surface area (Å²) in [7, 11) is 1.69. The SMILES string of the molecule is COc1ccc(C2SC(/C(C)=C/C=C(\C)C=O)=CC2C)cc1. The number of ether oxygens (including phenoxy) is 1. The first-order chi connectivity index (χ1) is 10.5. The molecule has 0 saturated heterocycles. The standard InChI is InChI=1S/C19H22O2S/c1-13(12-20)5-6-14(2)18-11-15(3)19(22-18)16-7-9-17(21-4)10-8-16/h5-12,15,19H,1-4H3/b13-5+,14-6+. The van der Waals surface area contributed by atoms with Crippen LogP contribution in [0, 0.1) is 5.92 Å². The number of methoxy groups -OCH3 is 1. The first-order valence-corrected chi connectivity index (χ1v) is 8.26. The number of carbonyl (C=O) groups excluding carboxylic acids is 1. The topological polar surface area (TPSA) is 26.3 Å². The van der Waals surface area contributed by atoms with E-state index >= 15 is 0 Å². The normalized spacial score (nSPS) is 22.5.